The maximum atomic E-state index is 12.5. The van der Waals surface area contributed by atoms with E-state index in [9.17, 15) is 9.59 Å². The first kappa shape index (κ1) is 17.6. The number of carbonyl (C=O) groups is 2. The van der Waals surface area contributed by atoms with Crippen LogP contribution in [0, 0.1) is 6.92 Å². The standard InChI is InChI=1S/C16H20ClNO5/c1-10-7-12(17)3-4-14(10)23-11(2)16(21)18-5-6-22-13(9-18)8-15(19)20/h3-4,7,11,13H,5-6,8-9H2,1-2H3,(H,19,20)/t11-,13-/m1/s1. The van der Waals surface area contributed by atoms with Crippen molar-refractivity contribution in [2.75, 3.05) is 19.7 Å². The van der Waals surface area contributed by atoms with Crippen LogP contribution >= 0.6 is 11.6 Å². The molecule has 1 N–H and O–H groups in total. The molecule has 0 saturated carbocycles. The Labute approximate surface area is 139 Å². The molecule has 0 unspecified atom stereocenters. The quantitative estimate of drug-likeness (QED) is 0.887. The fraction of sp³-hybridized carbons (Fsp3) is 0.500. The first-order valence-corrected chi connectivity index (χ1v) is 7.79. The zero-order valence-corrected chi connectivity index (χ0v) is 13.9. The molecule has 0 aliphatic carbocycles. The van der Waals surface area contributed by atoms with Crippen LogP contribution in [-0.2, 0) is 14.3 Å². The van der Waals surface area contributed by atoms with Gasteiger partial charge >= 0.3 is 5.97 Å². The maximum Gasteiger partial charge on any atom is 0.306 e. The number of benzene rings is 1. The second-order valence-electron chi connectivity index (χ2n) is 5.54. The Bertz CT molecular complexity index is 592. The van der Waals surface area contributed by atoms with E-state index in [1.807, 2.05) is 6.92 Å². The molecular formula is C16H20ClNO5. The van der Waals surface area contributed by atoms with Crippen molar-refractivity contribution in [2.24, 2.45) is 0 Å². The number of morpholine rings is 1. The van der Waals surface area contributed by atoms with E-state index >= 15 is 0 Å². The number of rotatable bonds is 5. The highest BCUT2D eigenvalue weighted by atomic mass is 35.5. The molecule has 0 aromatic heterocycles. The van der Waals surface area contributed by atoms with Crippen molar-refractivity contribution in [2.45, 2.75) is 32.5 Å². The Morgan fingerprint density at radius 2 is 2.26 bits per heavy atom. The fourth-order valence-corrected chi connectivity index (χ4v) is 2.71. The molecule has 2 atom stereocenters. The van der Waals surface area contributed by atoms with Crippen LogP contribution in [0.5, 0.6) is 5.75 Å². The van der Waals surface area contributed by atoms with E-state index in [-0.39, 0.29) is 18.9 Å². The highest BCUT2D eigenvalue weighted by molar-refractivity contribution is 6.30. The van der Waals surface area contributed by atoms with E-state index in [4.69, 9.17) is 26.2 Å². The van der Waals surface area contributed by atoms with Crippen molar-refractivity contribution < 1.29 is 24.2 Å². The highest BCUT2D eigenvalue weighted by Crippen LogP contribution is 2.23. The molecule has 0 radical (unpaired) electrons. The summed E-state index contributed by atoms with van der Waals surface area (Å²) in [6.45, 7) is 4.56. The lowest BCUT2D eigenvalue weighted by molar-refractivity contribution is -0.151. The van der Waals surface area contributed by atoms with Crippen molar-refractivity contribution >= 4 is 23.5 Å². The van der Waals surface area contributed by atoms with Crippen molar-refractivity contribution in [3.05, 3.63) is 28.8 Å². The van der Waals surface area contributed by atoms with Crippen molar-refractivity contribution in [1.29, 1.82) is 0 Å². The molecule has 1 aromatic rings. The molecule has 1 aliphatic rings. The smallest absolute Gasteiger partial charge is 0.306 e. The fourth-order valence-electron chi connectivity index (χ4n) is 2.48. The summed E-state index contributed by atoms with van der Waals surface area (Å²) in [5.74, 6) is -0.519. The van der Waals surface area contributed by atoms with Gasteiger partial charge in [-0.05, 0) is 37.6 Å². The molecule has 2 rings (SSSR count). The molecule has 1 fully saturated rings. The lowest BCUT2D eigenvalue weighted by Crippen LogP contribution is -2.50. The summed E-state index contributed by atoms with van der Waals surface area (Å²) < 4.78 is 11.1. The Kier molecular flexibility index (Phi) is 5.85. The predicted molar refractivity (Wildman–Crippen MR) is 84.9 cm³/mol. The molecule has 23 heavy (non-hydrogen) atoms. The van der Waals surface area contributed by atoms with E-state index in [0.717, 1.165) is 5.56 Å². The van der Waals surface area contributed by atoms with Gasteiger partial charge in [-0.15, -0.1) is 0 Å². The number of nitrogens with zero attached hydrogens (tertiary/aromatic N) is 1. The van der Waals surface area contributed by atoms with Crippen LogP contribution in [0.4, 0.5) is 0 Å². The minimum atomic E-state index is -0.939. The number of hydrogen-bond acceptors (Lipinski definition) is 4. The number of carboxylic acid groups (broad SMARTS) is 1. The molecule has 6 nitrogen and oxygen atoms in total. The predicted octanol–water partition coefficient (Wildman–Crippen LogP) is 2.12. The normalized spacial score (nSPS) is 19.3. The second-order valence-corrected chi connectivity index (χ2v) is 5.98. The minimum Gasteiger partial charge on any atom is -0.481 e. The molecule has 0 bridgehead atoms. The topological polar surface area (TPSA) is 76.1 Å². The maximum absolute atomic E-state index is 12.5. The largest absolute Gasteiger partial charge is 0.481 e. The van der Waals surface area contributed by atoms with Crippen LogP contribution < -0.4 is 4.74 Å². The van der Waals surface area contributed by atoms with E-state index in [1.165, 1.54) is 0 Å². The van der Waals surface area contributed by atoms with E-state index < -0.39 is 18.2 Å². The van der Waals surface area contributed by atoms with Crippen molar-refractivity contribution in [3.63, 3.8) is 0 Å². The second kappa shape index (κ2) is 7.66. The Balaban J connectivity index is 1.97. The highest BCUT2D eigenvalue weighted by Gasteiger charge is 2.29. The number of aliphatic carboxylic acids is 1. The van der Waals surface area contributed by atoms with Crippen LogP contribution in [-0.4, -0.2) is 53.8 Å². The number of aryl methyl sites for hydroxylation is 1. The van der Waals surface area contributed by atoms with Gasteiger partial charge in [0, 0.05) is 18.1 Å². The zero-order valence-electron chi connectivity index (χ0n) is 13.1. The van der Waals surface area contributed by atoms with Gasteiger partial charge in [0.15, 0.2) is 6.10 Å². The van der Waals surface area contributed by atoms with Crippen molar-refractivity contribution in [3.8, 4) is 5.75 Å². The van der Waals surface area contributed by atoms with Crippen LogP contribution in [0.25, 0.3) is 0 Å². The first-order valence-electron chi connectivity index (χ1n) is 7.42. The number of halogens is 1. The van der Waals surface area contributed by atoms with Gasteiger partial charge in [-0.1, -0.05) is 11.6 Å². The third kappa shape index (κ3) is 4.84. The van der Waals surface area contributed by atoms with Gasteiger partial charge in [-0.3, -0.25) is 9.59 Å². The van der Waals surface area contributed by atoms with Gasteiger partial charge in [-0.25, -0.2) is 0 Å². The zero-order chi connectivity index (χ0) is 17.0. The van der Waals surface area contributed by atoms with E-state index in [0.29, 0.717) is 23.9 Å². The third-order valence-corrected chi connectivity index (χ3v) is 3.88. The molecule has 1 aliphatic heterocycles. The number of ether oxygens (including phenoxy) is 2. The summed E-state index contributed by atoms with van der Waals surface area (Å²) in [7, 11) is 0. The number of carbonyl (C=O) groups excluding carboxylic acids is 1. The molecule has 7 heteroatoms. The summed E-state index contributed by atoms with van der Waals surface area (Å²) in [6, 6.07) is 5.21. The molecule has 1 amide bonds. The Morgan fingerprint density at radius 3 is 2.91 bits per heavy atom. The van der Waals surface area contributed by atoms with Gasteiger partial charge in [0.1, 0.15) is 5.75 Å². The van der Waals surface area contributed by atoms with Gasteiger partial charge in [0.2, 0.25) is 0 Å². The SMILES string of the molecule is Cc1cc(Cl)ccc1O[C@H](C)C(=O)N1CCO[C@H](CC(=O)O)C1. The molecule has 1 saturated heterocycles. The summed E-state index contributed by atoms with van der Waals surface area (Å²) in [6.07, 6.45) is -1.26. The molecule has 0 spiro atoms. The van der Waals surface area contributed by atoms with E-state index in [2.05, 4.69) is 0 Å². The van der Waals surface area contributed by atoms with Crippen LogP contribution in [0.2, 0.25) is 5.02 Å². The lowest BCUT2D eigenvalue weighted by Gasteiger charge is -2.33. The summed E-state index contributed by atoms with van der Waals surface area (Å²) in [5, 5.41) is 9.44. The van der Waals surface area contributed by atoms with E-state index in [1.54, 1.807) is 30.0 Å². The summed E-state index contributed by atoms with van der Waals surface area (Å²) in [5.41, 5.74) is 0.850. The average Bonchev–Trinajstić information content (AvgIpc) is 2.49. The van der Waals surface area contributed by atoms with Gasteiger partial charge < -0.3 is 19.5 Å². The average molecular weight is 342 g/mol. The van der Waals surface area contributed by atoms with Crippen LogP contribution in [0.3, 0.4) is 0 Å². The third-order valence-electron chi connectivity index (χ3n) is 3.64. The van der Waals surface area contributed by atoms with Gasteiger partial charge in [0.05, 0.1) is 19.1 Å². The summed E-state index contributed by atoms with van der Waals surface area (Å²) in [4.78, 5) is 24.8. The molecule has 1 aromatic carbocycles. The Hall–Kier alpha value is -1.79. The minimum absolute atomic E-state index is 0.116. The van der Waals surface area contributed by atoms with Crippen LogP contribution in [0.15, 0.2) is 18.2 Å². The molecule has 126 valence electrons. The first-order chi connectivity index (χ1) is 10.9. The van der Waals surface area contributed by atoms with Gasteiger partial charge in [0.25, 0.3) is 5.91 Å². The number of hydrogen-bond donors (Lipinski definition) is 1. The number of carboxylic acids is 1. The van der Waals surface area contributed by atoms with Crippen LogP contribution in [0.1, 0.15) is 18.9 Å². The van der Waals surface area contributed by atoms with Crippen molar-refractivity contribution in [1.82, 2.24) is 4.90 Å². The molecular weight excluding hydrogens is 322 g/mol. The summed E-state index contributed by atoms with van der Waals surface area (Å²) >= 11 is 5.90. The number of amides is 1. The monoisotopic (exact) mass is 341 g/mol. The Morgan fingerprint density at radius 1 is 1.52 bits per heavy atom. The van der Waals surface area contributed by atoms with Gasteiger partial charge in [-0.2, -0.15) is 0 Å². The lowest BCUT2D eigenvalue weighted by atomic mass is 10.2. The molecule has 1 heterocycles.